The van der Waals surface area contributed by atoms with Gasteiger partial charge in [-0.25, -0.2) is 0 Å². The number of thioether (sulfide) groups is 1. The van der Waals surface area contributed by atoms with Crippen LogP contribution in [0.3, 0.4) is 0 Å². The van der Waals surface area contributed by atoms with Crippen LogP contribution >= 0.6 is 23.1 Å². The molecular formula is C12H20N2S2. The summed E-state index contributed by atoms with van der Waals surface area (Å²) in [4.78, 5) is 5.37. The predicted octanol–water partition coefficient (Wildman–Crippen LogP) is 2.36. The predicted molar refractivity (Wildman–Crippen MR) is 74.6 cm³/mol. The van der Waals surface area contributed by atoms with E-state index in [0.29, 0.717) is 12.1 Å². The highest BCUT2D eigenvalue weighted by molar-refractivity contribution is 7.99. The van der Waals surface area contributed by atoms with Crippen LogP contribution in [-0.4, -0.2) is 43.1 Å². The van der Waals surface area contributed by atoms with Crippen LogP contribution < -0.4 is 5.32 Å². The van der Waals surface area contributed by atoms with E-state index in [2.05, 4.69) is 55.1 Å². The fraction of sp³-hybridized carbons (Fsp3) is 0.667. The molecule has 16 heavy (non-hydrogen) atoms. The third kappa shape index (κ3) is 2.62. The number of nitrogens with one attached hydrogen (secondary N) is 1. The molecule has 2 nitrogen and oxygen atoms in total. The summed E-state index contributed by atoms with van der Waals surface area (Å²) in [5.74, 6) is 2.51. The lowest BCUT2D eigenvalue weighted by Crippen LogP contribution is -2.46. The fourth-order valence-corrected chi connectivity index (χ4v) is 4.52. The van der Waals surface area contributed by atoms with Crippen molar-refractivity contribution in [3.05, 3.63) is 21.9 Å². The molecule has 1 aliphatic rings. The molecular weight excluding hydrogens is 236 g/mol. The largest absolute Gasteiger partial charge is 0.311 e. The van der Waals surface area contributed by atoms with E-state index in [9.17, 15) is 0 Å². The quantitative estimate of drug-likeness (QED) is 0.894. The van der Waals surface area contributed by atoms with E-state index in [4.69, 9.17) is 0 Å². The van der Waals surface area contributed by atoms with Crippen LogP contribution in [0.25, 0.3) is 0 Å². The van der Waals surface area contributed by atoms with Gasteiger partial charge in [0.1, 0.15) is 0 Å². The van der Waals surface area contributed by atoms with Gasteiger partial charge in [-0.3, -0.25) is 4.90 Å². The number of hydrogen-bond donors (Lipinski definition) is 1. The maximum atomic E-state index is 3.49. The summed E-state index contributed by atoms with van der Waals surface area (Å²) >= 11 is 3.99. The monoisotopic (exact) mass is 256 g/mol. The summed E-state index contributed by atoms with van der Waals surface area (Å²) in [5.41, 5.74) is 0. The number of thiophene rings is 1. The van der Waals surface area contributed by atoms with Gasteiger partial charge in [0.15, 0.2) is 0 Å². The second-order valence-electron chi connectivity index (χ2n) is 4.34. The summed E-state index contributed by atoms with van der Waals surface area (Å²) in [6.07, 6.45) is 0. The summed E-state index contributed by atoms with van der Waals surface area (Å²) in [6, 6.07) is 5.60. The van der Waals surface area contributed by atoms with Crippen molar-refractivity contribution in [1.29, 1.82) is 0 Å². The van der Waals surface area contributed by atoms with Gasteiger partial charge in [0.2, 0.25) is 0 Å². The smallest absolute Gasteiger partial charge is 0.0578 e. The first-order chi connectivity index (χ1) is 7.72. The van der Waals surface area contributed by atoms with Gasteiger partial charge in [0, 0.05) is 33.8 Å². The van der Waals surface area contributed by atoms with Crippen LogP contribution in [0.15, 0.2) is 12.1 Å². The van der Waals surface area contributed by atoms with Gasteiger partial charge in [-0.15, -0.1) is 11.3 Å². The summed E-state index contributed by atoms with van der Waals surface area (Å²) < 4.78 is 0. The van der Waals surface area contributed by atoms with E-state index in [1.54, 1.807) is 0 Å². The zero-order valence-corrected chi connectivity index (χ0v) is 11.8. The Balaban J connectivity index is 2.14. The average molecular weight is 256 g/mol. The minimum absolute atomic E-state index is 0.483. The molecule has 0 aliphatic carbocycles. The molecule has 0 saturated carbocycles. The van der Waals surface area contributed by atoms with E-state index >= 15 is 0 Å². The Morgan fingerprint density at radius 2 is 2.31 bits per heavy atom. The molecule has 0 spiro atoms. The molecule has 0 amide bonds. The summed E-state index contributed by atoms with van der Waals surface area (Å²) in [5, 5.41) is 3.49. The van der Waals surface area contributed by atoms with Crippen molar-refractivity contribution in [2.45, 2.75) is 19.0 Å². The Kier molecular flexibility index (Phi) is 4.30. The number of likely N-dealkylation sites (N-methyl/N-ethyl adjacent to an activating group) is 2. The molecule has 2 atom stereocenters. The normalized spacial score (nSPS) is 24.6. The second kappa shape index (κ2) is 5.54. The van der Waals surface area contributed by atoms with Crippen molar-refractivity contribution < 1.29 is 0 Å². The number of hydrogen-bond acceptors (Lipinski definition) is 4. The molecule has 1 saturated heterocycles. The summed E-state index contributed by atoms with van der Waals surface area (Å²) in [6.45, 7) is 3.39. The van der Waals surface area contributed by atoms with E-state index < -0.39 is 0 Å². The zero-order chi connectivity index (χ0) is 11.5. The zero-order valence-electron chi connectivity index (χ0n) is 10.2. The van der Waals surface area contributed by atoms with Crippen LogP contribution in [0.2, 0.25) is 0 Å². The van der Waals surface area contributed by atoms with Gasteiger partial charge in [-0.2, -0.15) is 11.8 Å². The fourth-order valence-electron chi connectivity index (χ4n) is 2.20. The van der Waals surface area contributed by atoms with Gasteiger partial charge >= 0.3 is 0 Å². The topological polar surface area (TPSA) is 15.3 Å². The third-order valence-corrected chi connectivity index (χ3v) is 5.34. The van der Waals surface area contributed by atoms with Crippen LogP contribution in [0, 0.1) is 6.92 Å². The lowest BCUT2D eigenvalue weighted by molar-refractivity contribution is 0.223. The lowest BCUT2D eigenvalue weighted by Gasteiger charge is -2.37. The van der Waals surface area contributed by atoms with E-state index in [1.165, 1.54) is 27.8 Å². The minimum Gasteiger partial charge on any atom is -0.311 e. The van der Waals surface area contributed by atoms with Crippen molar-refractivity contribution in [3.63, 3.8) is 0 Å². The Labute approximate surface area is 106 Å². The maximum Gasteiger partial charge on any atom is 0.0578 e. The minimum atomic E-state index is 0.483. The van der Waals surface area contributed by atoms with E-state index in [1.807, 2.05) is 11.3 Å². The lowest BCUT2D eigenvalue weighted by atomic mass is 10.1. The SMILES string of the molecule is CNC(c1ccc(C)s1)C1CSCCN1C. The molecule has 1 aliphatic heterocycles. The van der Waals surface area contributed by atoms with Gasteiger partial charge in [-0.05, 0) is 33.2 Å². The molecule has 1 fully saturated rings. The molecule has 0 radical (unpaired) electrons. The second-order valence-corrected chi connectivity index (χ2v) is 6.81. The average Bonchev–Trinajstić information content (AvgIpc) is 2.69. The van der Waals surface area contributed by atoms with Crippen LogP contribution in [-0.2, 0) is 0 Å². The Hall–Kier alpha value is -0.0300. The van der Waals surface area contributed by atoms with Crippen molar-refractivity contribution in [1.82, 2.24) is 10.2 Å². The van der Waals surface area contributed by atoms with E-state index in [0.717, 1.165) is 0 Å². The molecule has 0 aromatic carbocycles. The van der Waals surface area contributed by atoms with Gasteiger partial charge < -0.3 is 5.32 Å². The van der Waals surface area contributed by atoms with Gasteiger partial charge in [0.05, 0.1) is 6.04 Å². The van der Waals surface area contributed by atoms with Gasteiger partial charge in [-0.1, -0.05) is 0 Å². The molecule has 1 aromatic heterocycles. The van der Waals surface area contributed by atoms with Crippen LogP contribution in [0.1, 0.15) is 15.8 Å². The molecule has 4 heteroatoms. The molecule has 2 unspecified atom stereocenters. The first kappa shape index (κ1) is 12.4. The highest BCUT2D eigenvalue weighted by Crippen LogP contribution is 2.30. The van der Waals surface area contributed by atoms with Crippen LogP contribution in [0.4, 0.5) is 0 Å². The van der Waals surface area contributed by atoms with Gasteiger partial charge in [0.25, 0.3) is 0 Å². The molecule has 2 rings (SSSR count). The van der Waals surface area contributed by atoms with Crippen molar-refractivity contribution in [2.75, 3.05) is 32.1 Å². The Morgan fingerprint density at radius 1 is 1.50 bits per heavy atom. The molecule has 0 bridgehead atoms. The molecule has 2 heterocycles. The summed E-state index contributed by atoms with van der Waals surface area (Å²) in [7, 11) is 4.32. The Bertz CT molecular complexity index is 338. The highest BCUT2D eigenvalue weighted by atomic mass is 32.2. The highest BCUT2D eigenvalue weighted by Gasteiger charge is 2.28. The van der Waals surface area contributed by atoms with Crippen molar-refractivity contribution in [3.8, 4) is 0 Å². The standard InChI is InChI=1S/C12H20N2S2/c1-9-4-5-11(16-9)12(13-2)10-8-15-7-6-14(10)3/h4-5,10,12-13H,6-8H2,1-3H3. The molecule has 1 N–H and O–H groups in total. The molecule has 1 aromatic rings. The maximum absolute atomic E-state index is 3.49. The third-order valence-electron chi connectivity index (χ3n) is 3.21. The first-order valence-electron chi connectivity index (χ1n) is 5.74. The van der Waals surface area contributed by atoms with Crippen LogP contribution in [0.5, 0.6) is 0 Å². The number of aryl methyl sites for hydroxylation is 1. The van der Waals surface area contributed by atoms with E-state index in [-0.39, 0.29) is 0 Å². The Morgan fingerprint density at radius 3 is 2.88 bits per heavy atom. The molecule has 90 valence electrons. The van der Waals surface area contributed by atoms with Crippen molar-refractivity contribution >= 4 is 23.1 Å². The first-order valence-corrected chi connectivity index (χ1v) is 7.71. The number of nitrogens with zero attached hydrogens (tertiary/aromatic N) is 1. The van der Waals surface area contributed by atoms with Crippen molar-refractivity contribution in [2.24, 2.45) is 0 Å². The number of rotatable bonds is 3.